The van der Waals surface area contributed by atoms with Crippen molar-refractivity contribution in [1.29, 1.82) is 0 Å². The molecule has 0 saturated carbocycles. The maximum atomic E-state index is 6.24. The van der Waals surface area contributed by atoms with Crippen LogP contribution < -0.4 is 10.6 Å². The molecule has 2 rings (SSSR count). The molecule has 0 bridgehead atoms. The molecule has 1 heterocycles. The smallest absolute Gasteiger partial charge is 0.0474 e. The third-order valence-corrected chi connectivity index (χ3v) is 3.52. The first-order valence-electron chi connectivity index (χ1n) is 5.98. The third kappa shape index (κ3) is 2.50. The molecule has 1 aliphatic heterocycles. The van der Waals surface area contributed by atoms with Gasteiger partial charge in [0.15, 0.2) is 0 Å². The van der Waals surface area contributed by atoms with E-state index < -0.39 is 0 Å². The Morgan fingerprint density at radius 3 is 2.50 bits per heavy atom. The fraction of sp³-hybridized carbons (Fsp3) is 0.538. The summed E-state index contributed by atoms with van der Waals surface area (Å²) in [7, 11) is 0. The summed E-state index contributed by atoms with van der Waals surface area (Å²) in [4.78, 5) is 2.40. The van der Waals surface area contributed by atoms with Gasteiger partial charge in [0.25, 0.3) is 0 Å². The molecule has 1 aliphatic rings. The second kappa shape index (κ2) is 5.07. The minimum Gasteiger partial charge on any atom is -0.371 e. The molecule has 0 radical (unpaired) electrons. The van der Waals surface area contributed by atoms with E-state index in [0.29, 0.717) is 0 Å². The largest absolute Gasteiger partial charge is 0.371 e. The fourth-order valence-corrected chi connectivity index (χ4v) is 2.58. The molecule has 3 heteroatoms. The molecule has 88 valence electrons. The zero-order valence-electron chi connectivity index (χ0n) is 9.75. The highest BCUT2D eigenvalue weighted by molar-refractivity contribution is 6.31. The van der Waals surface area contributed by atoms with Crippen molar-refractivity contribution in [2.45, 2.75) is 32.2 Å². The Balaban J connectivity index is 2.19. The number of rotatable bonds is 2. The minimum atomic E-state index is 0.00269. The van der Waals surface area contributed by atoms with Gasteiger partial charge in [-0.2, -0.15) is 0 Å². The first kappa shape index (κ1) is 11.7. The summed E-state index contributed by atoms with van der Waals surface area (Å²) in [5, 5.41) is 0.790. The molecule has 1 saturated heterocycles. The summed E-state index contributed by atoms with van der Waals surface area (Å²) >= 11 is 6.24. The number of nitrogens with two attached hydrogens (primary N) is 1. The Bertz CT molecular complexity index is 357. The van der Waals surface area contributed by atoms with E-state index in [-0.39, 0.29) is 6.04 Å². The first-order chi connectivity index (χ1) is 7.68. The SMILES string of the molecule is CC(N)c1ccc(N2CCCCC2)cc1Cl. The van der Waals surface area contributed by atoms with Gasteiger partial charge < -0.3 is 10.6 Å². The topological polar surface area (TPSA) is 29.3 Å². The maximum Gasteiger partial charge on any atom is 0.0474 e. The monoisotopic (exact) mass is 238 g/mol. The molecule has 2 nitrogen and oxygen atoms in total. The van der Waals surface area contributed by atoms with Gasteiger partial charge in [-0.05, 0) is 43.9 Å². The lowest BCUT2D eigenvalue weighted by Gasteiger charge is -2.29. The lowest BCUT2D eigenvalue weighted by molar-refractivity contribution is 0.578. The Kier molecular flexibility index (Phi) is 3.72. The zero-order chi connectivity index (χ0) is 11.5. The molecule has 1 aromatic carbocycles. The number of anilines is 1. The Morgan fingerprint density at radius 1 is 1.25 bits per heavy atom. The van der Waals surface area contributed by atoms with Crippen molar-refractivity contribution in [2.75, 3.05) is 18.0 Å². The highest BCUT2D eigenvalue weighted by Crippen LogP contribution is 2.28. The van der Waals surface area contributed by atoms with Crippen LogP contribution in [-0.2, 0) is 0 Å². The van der Waals surface area contributed by atoms with Gasteiger partial charge in [-0.15, -0.1) is 0 Å². The number of hydrogen-bond donors (Lipinski definition) is 1. The van der Waals surface area contributed by atoms with Crippen molar-refractivity contribution < 1.29 is 0 Å². The average Bonchev–Trinajstić information content (AvgIpc) is 2.29. The minimum absolute atomic E-state index is 0.00269. The predicted molar refractivity (Wildman–Crippen MR) is 70.1 cm³/mol. The molecule has 1 fully saturated rings. The van der Waals surface area contributed by atoms with Gasteiger partial charge in [0.1, 0.15) is 0 Å². The summed E-state index contributed by atoms with van der Waals surface area (Å²) < 4.78 is 0. The van der Waals surface area contributed by atoms with E-state index in [0.717, 1.165) is 23.7 Å². The molecule has 1 unspecified atom stereocenters. The van der Waals surface area contributed by atoms with Gasteiger partial charge >= 0.3 is 0 Å². The molecule has 0 amide bonds. The van der Waals surface area contributed by atoms with Crippen LogP contribution in [0.1, 0.15) is 37.8 Å². The summed E-state index contributed by atoms with van der Waals surface area (Å²) in [5.41, 5.74) is 8.11. The van der Waals surface area contributed by atoms with Crippen LogP contribution in [0.5, 0.6) is 0 Å². The fourth-order valence-electron chi connectivity index (χ4n) is 2.23. The van der Waals surface area contributed by atoms with Crippen LogP contribution in [0.3, 0.4) is 0 Å². The Labute approximate surface area is 102 Å². The Hall–Kier alpha value is -0.730. The molecule has 0 spiro atoms. The highest BCUT2D eigenvalue weighted by Gasteiger charge is 2.13. The Morgan fingerprint density at radius 2 is 1.94 bits per heavy atom. The van der Waals surface area contributed by atoms with Crippen LogP contribution in [0, 0.1) is 0 Å². The highest BCUT2D eigenvalue weighted by atomic mass is 35.5. The number of benzene rings is 1. The third-order valence-electron chi connectivity index (χ3n) is 3.20. The number of hydrogen-bond acceptors (Lipinski definition) is 2. The van der Waals surface area contributed by atoms with Gasteiger partial charge in [0.2, 0.25) is 0 Å². The summed E-state index contributed by atoms with van der Waals surface area (Å²) in [5.74, 6) is 0. The standard InChI is InChI=1S/C13H19ClN2/c1-10(15)12-6-5-11(9-13(12)14)16-7-3-2-4-8-16/h5-6,9-10H,2-4,7-8,15H2,1H3. The number of piperidine rings is 1. The molecule has 1 aromatic rings. The normalized spacial score (nSPS) is 18.6. The van der Waals surface area contributed by atoms with Crippen LogP contribution in [-0.4, -0.2) is 13.1 Å². The van der Waals surface area contributed by atoms with Crippen LogP contribution in [0.15, 0.2) is 18.2 Å². The summed E-state index contributed by atoms with van der Waals surface area (Å²) in [6.07, 6.45) is 3.92. The quantitative estimate of drug-likeness (QED) is 0.856. The van der Waals surface area contributed by atoms with Crippen LogP contribution >= 0.6 is 11.6 Å². The van der Waals surface area contributed by atoms with Crippen molar-refractivity contribution >= 4 is 17.3 Å². The van der Waals surface area contributed by atoms with E-state index in [1.165, 1.54) is 24.9 Å². The molecule has 16 heavy (non-hydrogen) atoms. The lowest BCUT2D eigenvalue weighted by Crippen LogP contribution is -2.29. The lowest BCUT2D eigenvalue weighted by atomic mass is 10.1. The van der Waals surface area contributed by atoms with Crippen molar-refractivity contribution in [1.82, 2.24) is 0 Å². The van der Waals surface area contributed by atoms with E-state index in [1.807, 2.05) is 13.0 Å². The van der Waals surface area contributed by atoms with E-state index in [2.05, 4.69) is 17.0 Å². The van der Waals surface area contributed by atoms with E-state index >= 15 is 0 Å². The first-order valence-corrected chi connectivity index (χ1v) is 6.36. The van der Waals surface area contributed by atoms with Gasteiger partial charge in [0, 0.05) is 29.8 Å². The van der Waals surface area contributed by atoms with Gasteiger partial charge in [-0.25, -0.2) is 0 Å². The number of halogens is 1. The average molecular weight is 239 g/mol. The van der Waals surface area contributed by atoms with Crippen molar-refractivity contribution in [3.05, 3.63) is 28.8 Å². The summed E-state index contributed by atoms with van der Waals surface area (Å²) in [6.45, 7) is 4.25. The molecule has 0 aliphatic carbocycles. The van der Waals surface area contributed by atoms with Crippen LogP contribution in [0.2, 0.25) is 5.02 Å². The van der Waals surface area contributed by atoms with Crippen LogP contribution in [0.25, 0.3) is 0 Å². The predicted octanol–water partition coefficient (Wildman–Crippen LogP) is 3.35. The second-order valence-corrected chi connectivity index (χ2v) is 4.95. The van der Waals surface area contributed by atoms with Gasteiger partial charge in [-0.3, -0.25) is 0 Å². The second-order valence-electron chi connectivity index (χ2n) is 4.54. The van der Waals surface area contributed by atoms with Crippen molar-refractivity contribution in [3.63, 3.8) is 0 Å². The zero-order valence-corrected chi connectivity index (χ0v) is 10.5. The van der Waals surface area contributed by atoms with Crippen LogP contribution in [0.4, 0.5) is 5.69 Å². The van der Waals surface area contributed by atoms with Gasteiger partial charge in [0.05, 0.1) is 0 Å². The van der Waals surface area contributed by atoms with E-state index in [9.17, 15) is 0 Å². The van der Waals surface area contributed by atoms with E-state index in [1.54, 1.807) is 0 Å². The van der Waals surface area contributed by atoms with Crippen molar-refractivity contribution in [2.24, 2.45) is 5.73 Å². The molecule has 2 N–H and O–H groups in total. The molecular formula is C13H19ClN2. The van der Waals surface area contributed by atoms with E-state index in [4.69, 9.17) is 17.3 Å². The van der Waals surface area contributed by atoms with Gasteiger partial charge in [-0.1, -0.05) is 17.7 Å². The van der Waals surface area contributed by atoms with Crippen molar-refractivity contribution in [3.8, 4) is 0 Å². The number of nitrogens with zero attached hydrogens (tertiary/aromatic N) is 1. The maximum absolute atomic E-state index is 6.24. The molecule has 0 aromatic heterocycles. The molecule has 1 atom stereocenters. The summed E-state index contributed by atoms with van der Waals surface area (Å²) in [6, 6.07) is 6.24. The molecular weight excluding hydrogens is 220 g/mol.